The number of piperazine rings is 1. The van der Waals surface area contributed by atoms with Gasteiger partial charge >= 0.3 is 6.18 Å². The molecule has 2 amide bonds. The van der Waals surface area contributed by atoms with Crippen molar-refractivity contribution in [3.8, 4) is 0 Å². The van der Waals surface area contributed by atoms with Gasteiger partial charge in [-0.3, -0.25) is 14.6 Å². The van der Waals surface area contributed by atoms with Crippen molar-refractivity contribution in [3.63, 3.8) is 0 Å². The number of carbonyl (C=O) groups excluding carboxylic acids is 2. The van der Waals surface area contributed by atoms with Crippen LogP contribution in [0.2, 0.25) is 0 Å². The van der Waals surface area contributed by atoms with E-state index < -0.39 is 17.6 Å². The number of amides is 2. The van der Waals surface area contributed by atoms with Crippen molar-refractivity contribution in [1.29, 1.82) is 0 Å². The van der Waals surface area contributed by atoms with Gasteiger partial charge in [-0.05, 0) is 42.3 Å². The summed E-state index contributed by atoms with van der Waals surface area (Å²) in [5, 5.41) is 2.53. The number of aromatic nitrogens is 2. The van der Waals surface area contributed by atoms with Crippen molar-refractivity contribution in [2.45, 2.75) is 11.1 Å². The molecule has 0 unspecified atom stereocenters. The molecule has 1 saturated heterocycles. The van der Waals surface area contributed by atoms with Gasteiger partial charge in [0.05, 0.1) is 27.2 Å². The maximum absolute atomic E-state index is 14.0. The van der Waals surface area contributed by atoms with Crippen LogP contribution in [0.25, 0.3) is 10.9 Å². The lowest BCUT2D eigenvalue weighted by Crippen LogP contribution is -2.50. The van der Waals surface area contributed by atoms with E-state index in [1.165, 1.54) is 28.4 Å². The lowest BCUT2D eigenvalue weighted by molar-refractivity contribution is -0.136. The summed E-state index contributed by atoms with van der Waals surface area (Å²) in [6.07, 6.45) is -3.04. The number of nitrogens with zero attached hydrogens (tertiary/aromatic N) is 4. The maximum atomic E-state index is 14.0. The zero-order chi connectivity index (χ0) is 26.0. The second-order valence-electron chi connectivity index (χ2n) is 8.25. The number of carbonyl (C=O) groups is 2. The Balaban J connectivity index is 1.30. The monoisotopic (exact) mass is 543 g/mol. The van der Waals surface area contributed by atoms with Gasteiger partial charge in [0, 0.05) is 48.7 Å². The zero-order valence-corrected chi connectivity index (χ0v) is 20.9. The molecule has 0 bridgehead atoms. The minimum absolute atomic E-state index is 0.0611. The molecule has 1 fully saturated rings. The number of pyridine rings is 1. The number of halogens is 3. The predicted molar refractivity (Wildman–Crippen MR) is 137 cm³/mol. The fraction of sp³-hybridized carbons (Fsp3) is 0.200. The molecule has 7 nitrogen and oxygen atoms in total. The van der Waals surface area contributed by atoms with E-state index in [0.717, 1.165) is 23.4 Å². The van der Waals surface area contributed by atoms with Crippen LogP contribution in [0.5, 0.6) is 0 Å². The molecule has 1 aliphatic heterocycles. The first-order valence-electron chi connectivity index (χ1n) is 11.3. The molecular formula is C25H20F3N5O2S2. The molecule has 0 radical (unpaired) electrons. The van der Waals surface area contributed by atoms with E-state index in [2.05, 4.69) is 14.7 Å². The van der Waals surface area contributed by atoms with E-state index in [9.17, 15) is 22.8 Å². The van der Waals surface area contributed by atoms with Crippen LogP contribution in [0.4, 0.5) is 18.9 Å². The van der Waals surface area contributed by atoms with Gasteiger partial charge in [0.1, 0.15) is 5.69 Å². The number of hydrogen-bond acceptors (Lipinski definition) is 7. The normalized spacial score (nSPS) is 14.1. The average molecular weight is 544 g/mol. The van der Waals surface area contributed by atoms with E-state index in [-0.39, 0.29) is 43.3 Å². The summed E-state index contributed by atoms with van der Waals surface area (Å²) >= 11 is 2.34. The summed E-state index contributed by atoms with van der Waals surface area (Å²) in [6, 6.07) is 12.7. The van der Waals surface area contributed by atoms with Gasteiger partial charge in [0.25, 0.3) is 11.8 Å². The molecule has 0 atom stereocenters. The maximum Gasteiger partial charge on any atom is 0.418 e. The summed E-state index contributed by atoms with van der Waals surface area (Å²) in [6.45, 7) is 1.01. The topological polar surface area (TPSA) is 78.4 Å². The van der Waals surface area contributed by atoms with E-state index in [4.69, 9.17) is 0 Å². The Kier molecular flexibility index (Phi) is 7.02. The molecule has 3 heterocycles. The van der Waals surface area contributed by atoms with Gasteiger partial charge in [-0.1, -0.05) is 18.2 Å². The molecule has 190 valence electrons. The lowest BCUT2D eigenvalue weighted by Gasteiger charge is -2.34. The van der Waals surface area contributed by atoms with Crippen LogP contribution in [0.1, 0.15) is 26.4 Å². The lowest BCUT2D eigenvalue weighted by atomic mass is 10.1. The number of fused-ring (bicyclic) bond motifs is 1. The quantitative estimate of drug-likeness (QED) is 0.339. The summed E-state index contributed by atoms with van der Waals surface area (Å²) in [4.78, 5) is 37.6. The van der Waals surface area contributed by atoms with Crippen molar-refractivity contribution >= 4 is 51.7 Å². The van der Waals surface area contributed by atoms with Gasteiger partial charge in [-0.2, -0.15) is 13.2 Å². The Morgan fingerprint density at radius 3 is 2.38 bits per heavy atom. The number of hydrogen-bond donors (Lipinski definition) is 1. The fourth-order valence-electron chi connectivity index (χ4n) is 4.04. The first-order valence-corrected chi connectivity index (χ1v) is 13.0. The molecule has 2 aromatic heterocycles. The van der Waals surface area contributed by atoms with Crippen LogP contribution >= 0.6 is 23.3 Å². The Hall–Kier alpha value is -3.64. The van der Waals surface area contributed by atoms with Gasteiger partial charge in [0.2, 0.25) is 0 Å². The van der Waals surface area contributed by atoms with Crippen LogP contribution < -0.4 is 4.72 Å². The standard InChI is InChI=1S/C25H20F3N5O2S2/c26-25(27,28)18-13-17(23(34)32-9-11-33(12-10-32)24(35)20-14-36-15-30-20)6-7-19(18)31-37-21-5-1-3-16-4-2-8-29-22(16)21/h1-8,13-15,31H,9-12H2. The summed E-state index contributed by atoms with van der Waals surface area (Å²) in [5.41, 5.74) is 1.45. The van der Waals surface area contributed by atoms with E-state index in [1.54, 1.807) is 34.1 Å². The molecule has 0 aliphatic carbocycles. The van der Waals surface area contributed by atoms with Crippen LogP contribution in [0, 0.1) is 0 Å². The van der Waals surface area contributed by atoms with Gasteiger partial charge < -0.3 is 14.5 Å². The molecular weight excluding hydrogens is 523 g/mol. The Bertz CT molecular complexity index is 1430. The summed E-state index contributed by atoms with van der Waals surface area (Å²) in [7, 11) is 0. The minimum atomic E-state index is -4.67. The van der Waals surface area contributed by atoms with Crippen LogP contribution in [0.3, 0.4) is 0 Å². The second-order valence-corrected chi connectivity index (χ2v) is 9.82. The second kappa shape index (κ2) is 10.4. The average Bonchev–Trinajstić information content (AvgIpc) is 3.46. The Labute approximate surface area is 218 Å². The molecule has 37 heavy (non-hydrogen) atoms. The molecule has 4 aromatic rings. The third kappa shape index (κ3) is 5.39. The Morgan fingerprint density at radius 2 is 1.68 bits per heavy atom. The third-order valence-electron chi connectivity index (χ3n) is 5.94. The van der Waals surface area contributed by atoms with Crippen molar-refractivity contribution in [1.82, 2.24) is 19.8 Å². The van der Waals surface area contributed by atoms with Gasteiger partial charge in [-0.15, -0.1) is 11.3 Å². The first-order chi connectivity index (χ1) is 17.8. The summed E-state index contributed by atoms with van der Waals surface area (Å²) < 4.78 is 44.6. The molecule has 1 N–H and O–H groups in total. The SMILES string of the molecule is O=C(c1ccc(NSc2cccc3cccnc23)c(C(F)(F)F)c1)N1CCN(C(=O)c2cscn2)CC1. The first kappa shape index (κ1) is 25.0. The van der Waals surface area contributed by atoms with Crippen molar-refractivity contribution in [2.75, 3.05) is 30.9 Å². The number of benzene rings is 2. The zero-order valence-electron chi connectivity index (χ0n) is 19.2. The molecule has 2 aromatic carbocycles. The molecule has 5 rings (SSSR count). The minimum Gasteiger partial charge on any atom is -0.335 e. The van der Waals surface area contributed by atoms with Gasteiger partial charge in [0.15, 0.2) is 0 Å². The highest BCUT2D eigenvalue weighted by molar-refractivity contribution is 8.00. The van der Waals surface area contributed by atoms with Crippen molar-refractivity contribution in [2.24, 2.45) is 0 Å². The summed E-state index contributed by atoms with van der Waals surface area (Å²) in [5.74, 6) is -0.731. The third-order valence-corrected chi connectivity index (χ3v) is 7.40. The number of nitrogens with one attached hydrogen (secondary N) is 1. The number of alkyl halides is 3. The number of rotatable bonds is 5. The highest BCUT2D eigenvalue weighted by Crippen LogP contribution is 2.38. The molecule has 0 spiro atoms. The van der Waals surface area contributed by atoms with Crippen molar-refractivity contribution in [3.05, 3.63) is 82.4 Å². The van der Waals surface area contributed by atoms with E-state index >= 15 is 0 Å². The highest BCUT2D eigenvalue weighted by Gasteiger charge is 2.35. The van der Waals surface area contributed by atoms with Crippen LogP contribution in [0.15, 0.2) is 70.5 Å². The Morgan fingerprint density at radius 1 is 0.946 bits per heavy atom. The van der Waals surface area contributed by atoms with Gasteiger partial charge in [-0.25, -0.2) is 4.98 Å². The smallest absolute Gasteiger partial charge is 0.335 e. The van der Waals surface area contributed by atoms with Crippen LogP contribution in [-0.2, 0) is 6.18 Å². The molecule has 1 aliphatic rings. The van der Waals surface area contributed by atoms with E-state index in [1.807, 2.05) is 18.2 Å². The highest BCUT2D eigenvalue weighted by atomic mass is 32.2. The van der Waals surface area contributed by atoms with E-state index in [0.29, 0.717) is 16.1 Å². The predicted octanol–water partition coefficient (Wildman–Crippen LogP) is 5.43. The molecule has 0 saturated carbocycles. The van der Waals surface area contributed by atoms with Crippen LogP contribution in [-0.4, -0.2) is 57.8 Å². The number of thiazole rings is 1. The van der Waals surface area contributed by atoms with Crippen molar-refractivity contribution < 1.29 is 22.8 Å². The largest absolute Gasteiger partial charge is 0.418 e. The fourth-order valence-corrected chi connectivity index (χ4v) is 5.38. The molecule has 12 heteroatoms. The number of anilines is 1. The number of para-hydroxylation sites is 1.